The number of nitrogens with zero attached hydrogens (tertiary/aromatic N) is 5. The molecule has 0 atom stereocenters. The SMILES string of the molecule is CS(=O)(=O)NCc1cc(F)cc(-c2cccc3[nH]c(-c4n[nH]c5cnc(-c6cncc(N7CC(N)C7)n6)cc45)cc23)c1. The van der Waals surface area contributed by atoms with E-state index in [4.69, 9.17) is 10.7 Å². The summed E-state index contributed by atoms with van der Waals surface area (Å²) in [5.74, 6) is 0.312. The van der Waals surface area contributed by atoms with Crippen molar-refractivity contribution in [3.05, 3.63) is 78.5 Å². The smallest absolute Gasteiger partial charge is 0.209 e. The molecule has 1 aliphatic heterocycles. The Bertz CT molecular complexity index is 2080. The number of benzene rings is 2. The first-order valence-electron chi connectivity index (χ1n) is 13.2. The predicted molar refractivity (Wildman–Crippen MR) is 159 cm³/mol. The van der Waals surface area contributed by atoms with E-state index in [0.717, 1.165) is 58.2 Å². The largest absolute Gasteiger partial charge is 0.353 e. The van der Waals surface area contributed by atoms with Crippen molar-refractivity contribution >= 4 is 37.6 Å². The number of halogens is 1. The minimum absolute atomic E-state index is 0.00750. The van der Waals surface area contributed by atoms with E-state index < -0.39 is 15.8 Å². The monoisotopic (exact) mass is 583 g/mol. The molecule has 1 fully saturated rings. The Balaban J connectivity index is 1.26. The summed E-state index contributed by atoms with van der Waals surface area (Å²) in [6.07, 6.45) is 6.21. The number of fused-ring (bicyclic) bond motifs is 2. The second-order valence-electron chi connectivity index (χ2n) is 10.5. The second-order valence-corrected chi connectivity index (χ2v) is 12.3. The van der Waals surface area contributed by atoms with Crippen LogP contribution in [0.2, 0.25) is 0 Å². The fourth-order valence-electron chi connectivity index (χ4n) is 5.25. The summed E-state index contributed by atoms with van der Waals surface area (Å²) in [6, 6.07) is 14.3. The molecule has 0 amide bonds. The molecule has 0 bridgehead atoms. The number of aromatic amines is 2. The first-order chi connectivity index (χ1) is 20.2. The molecule has 4 aromatic heterocycles. The van der Waals surface area contributed by atoms with Gasteiger partial charge in [-0.05, 0) is 53.1 Å². The number of rotatable bonds is 7. The van der Waals surface area contributed by atoms with E-state index in [9.17, 15) is 12.8 Å². The van der Waals surface area contributed by atoms with Gasteiger partial charge in [-0.2, -0.15) is 5.10 Å². The minimum Gasteiger partial charge on any atom is -0.353 e. The summed E-state index contributed by atoms with van der Waals surface area (Å²) in [5, 5.41) is 9.35. The van der Waals surface area contributed by atoms with Crippen molar-refractivity contribution in [2.24, 2.45) is 5.73 Å². The molecule has 5 heterocycles. The molecule has 13 heteroatoms. The zero-order valence-corrected chi connectivity index (χ0v) is 23.3. The van der Waals surface area contributed by atoms with Crippen LogP contribution in [0.4, 0.5) is 10.2 Å². The van der Waals surface area contributed by atoms with Crippen molar-refractivity contribution in [2.45, 2.75) is 12.6 Å². The van der Waals surface area contributed by atoms with E-state index in [2.05, 4.69) is 34.8 Å². The van der Waals surface area contributed by atoms with Crippen molar-refractivity contribution in [1.82, 2.24) is 34.9 Å². The number of hydrogen-bond donors (Lipinski definition) is 4. The van der Waals surface area contributed by atoms with Crippen molar-refractivity contribution in [1.29, 1.82) is 0 Å². The van der Waals surface area contributed by atoms with E-state index in [0.29, 0.717) is 28.2 Å². The fourth-order valence-corrected chi connectivity index (χ4v) is 5.68. The number of nitrogens with one attached hydrogen (secondary N) is 3. The Hall–Kier alpha value is -4.72. The highest BCUT2D eigenvalue weighted by Gasteiger charge is 2.25. The third-order valence-electron chi connectivity index (χ3n) is 7.29. The zero-order chi connectivity index (χ0) is 29.0. The molecule has 42 heavy (non-hydrogen) atoms. The maximum atomic E-state index is 14.6. The molecule has 6 aromatic rings. The molecule has 212 valence electrons. The quantitative estimate of drug-likeness (QED) is 0.222. The number of aromatic nitrogens is 6. The fraction of sp³-hybridized carbons (Fsp3) is 0.172. The molecule has 7 rings (SSSR count). The molecule has 0 aliphatic carbocycles. The van der Waals surface area contributed by atoms with Crippen LogP contribution in [-0.4, -0.2) is 63.9 Å². The first-order valence-corrected chi connectivity index (χ1v) is 15.1. The van der Waals surface area contributed by atoms with E-state index in [1.54, 1.807) is 24.7 Å². The van der Waals surface area contributed by atoms with Gasteiger partial charge >= 0.3 is 0 Å². The van der Waals surface area contributed by atoms with Crippen molar-refractivity contribution in [3.8, 4) is 33.9 Å². The number of H-pyrrole nitrogens is 2. The van der Waals surface area contributed by atoms with Gasteiger partial charge in [0.05, 0.1) is 41.8 Å². The second kappa shape index (κ2) is 9.98. The standard InChI is InChI=1S/C29H26FN9O2S/c1-42(40,41)34-10-16-5-17(7-18(30)6-16)20-3-2-4-23-21(20)8-25(35-23)29-22-9-24(33-12-26(22)37-38-29)27-11-32-13-28(36-27)39-14-19(31)15-39/h2-9,11-13,19,34-35H,10,14-15,31H2,1H3,(H,37,38). The summed E-state index contributed by atoms with van der Waals surface area (Å²) in [7, 11) is -3.42. The van der Waals surface area contributed by atoms with E-state index in [-0.39, 0.29) is 12.6 Å². The number of pyridine rings is 1. The normalized spacial score (nSPS) is 14.1. The number of nitrogens with two attached hydrogens (primary N) is 1. The molecule has 5 N–H and O–H groups in total. The molecule has 11 nitrogen and oxygen atoms in total. The van der Waals surface area contributed by atoms with Crippen LogP contribution in [0.1, 0.15) is 5.56 Å². The lowest BCUT2D eigenvalue weighted by molar-refractivity contribution is 0.514. The Labute approximate surface area is 240 Å². The molecule has 0 saturated carbocycles. The molecule has 0 radical (unpaired) electrons. The summed E-state index contributed by atoms with van der Waals surface area (Å²) in [5.41, 5.74) is 12.3. The molecule has 0 unspecified atom stereocenters. The summed E-state index contributed by atoms with van der Waals surface area (Å²) in [6.45, 7) is 1.48. The third kappa shape index (κ3) is 4.98. The van der Waals surface area contributed by atoms with Gasteiger partial charge in [0.2, 0.25) is 10.0 Å². The maximum absolute atomic E-state index is 14.6. The van der Waals surface area contributed by atoms with Gasteiger partial charge in [0.15, 0.2) is 0 Å². The average Bonchev–Trinajstić information content (AvgIpc) is 3.57. The Morgan fingerprint density at radius 1 is 1.05 bits per heavy atom. The van der Waals surface area contributed by atoms with Gasteiger partial charge < -0.3 is 15.6 Å². The Kier molecular flexibility index (Phi) is 6.22. The molecule has 1 aliphatic rings. The number of sulfonamides is 1. The summed E-state index contributed by atoms with van der Waals surface area (Å²) in [4.78, 5) is 19.2. The van der Waals surface area contributed by atoms with Gasteiger partial charge in [0, 0.05) is 42.0 Å². The van der Waals surface area contributed by atoms with Crippen LogP contribution in [0.25, 0.3) is 55.7 Å². The van der Waals surface area contributed by atoms with Crippen molar-refractivity contribution < 1.29 is 12.8 Å². The Morgan fingerprint density at radius 3 is 2.71 bits per heavy atom. The highest BCUT2D eigenvalue weighted by atomic mass is 32.2. The van der Waals surface area contributed by atoms with Crippen LogP contribution in [0, 0.1) is 5.82 Å². The van der Waals surface area contributed by atoms with Crippen LogP contribution in [0.3, 0.4) is 0 Å². The van der Waals surface area contributed by atoms with Crippen LogP contribution in [0.5, 0.6) is 0 Å². The van der Waals surface area contributed by atoms with Gasteiger partial charge in [0.1, 0.15) is 23.0 Å². The highest BCUT2D eigenvalue weighted by Crippen LogP contribution is 2.35. The molecule has 0 spiro atoms. The number of hydrogen-bond acceptors (Lipinski definition) is 8. The van der Waals surface area contributed by atoms with Crippen molar-refractivity contribution in [3.63, 3.8) is 0 Å². The van der Waals surface area contributed by atoms with Crippen LogP contribution >= 0.6 is 0 Å². The van der Waals surface area contributed by atoms with Gasteiger partial charge in [-0.3, -0.25) is 15.1 Å². The van der Waals surface area contributed by atoms with Crippen LogP contribution in [-0.2, 0) is 16.6 Å². The lowest BCUT2D eigenvalue weighted by Gasteiger charge is -2.37. The van der Waals surface area contributed by atoms with Gasteiger partial charge in [-0.1, -0.05) is 12.1 Å². The topological polar surface area (TPSA) is 159 Å². The molecule has 1 saturated heterocycles. The van der Waals surface area contributed by atoms with E-state index >= 15 is 0 Å². The van der Waals surface area contributed by atoms with Gasteiger partial charge in [0.25, 0.3) is 0 Å². The lowest BCUT2D eigenvalue weighted by atomic mass is 9.99. The third-order valence-corrected chi connectivity index (χ3v) is 7.96. The summed E-state index contributed by atoms with van der Waals surface area (Å²) < 4.78 is 40.1. The van der Waals surface area contributed by atoms with Crippen LogP contribution in [0.15, 0.2) is 67.1 Å². The van der Waals surface area contributed by atoms with Crippen LogP contribution < -0.4 is 15.4 Å². The first kappa shape index (κ1) is 26.2. The van der Waals surface area contributed by atoms with E-state index in [1.807, 2.05) is 30.3 Å². The zero-order valence-electron chi connectivity index (χ0n) is 22.5. The minimum atomic E-state index is -3.42. The molecular formula is C29H26FN9O2S. The van der Waals surface area contributed by atoms with Gasteiger partial charge in [-0.15, -0.1) is 0 Å². The lowest BCUT2D eigenvalue weighted by Crippen LogP contribution is -2.56. The molecular weight excluding hydrogens is 557 g/mol. The highest BCUT2D eigenvalue weighted by molar-refractivity contribution is 7.88. The predicted octanol–water partition coefficient (Wildman–Crippen LogP) is 3.57. The number of anilines is 1. The average molecular weight is 584 g/mol. The molecule has 2 aromatic carbocycles. The summed E-state index contributed by atoms with van der Waals surface area (Å²) >= 11 is 0. The van der Waals surface area contributed by atoms with Crippen molar-refractivity contribution in [2.75, 3.05) is 24.2 Å². The Morgan fingerprint density at radius 2 is 1.90 bits per heavy atom. The maximum Gasteiger partial charge on any atom is 0.209 e. The van der Waals surface area contributed by atoms with Gasteiger partial charge in [-0.25, -0.2) is 22.5 Å². The van der Waals surface area contributed by atoms with E-state index in [1.165, 1.54) is 12.1 Å².